The van der Waals surface area contributed by atoms with Crippen molar-refractivity contribution in [2.75, 3.05) is 18.9 Å². The summed E-state index contributed by atoms with van der Waals surface area (Å²) in [5.74, 6) is -0.0786. The minimum atomic E-state index is -3.37. The number of unbranched alkanes of at least 4 members (excludes halogenated alkanes) is 9. The molecule has 0 aromatic rings. The van der Waals surface area contributed by atoms with Gasteiger partial charge in [-0.05, 0) is 6.42 Å². The van der Waals surface area contributed by atoms with Crippen molar-refractivity contribution < 1.29 is 12.6 Å². The Balaban J connectivity index is 0. The Labute approximate surface area is 155 Å². The van der Waals surface area contributed by atoms with E-state index < -0.39 is 10.1 Å². The summed E-state index contributed by atoms with van der Waals surface area (Å²) in [5, 5.41) is 0. The summed E-state index contributed by atoms with van der Waals surface area (Å²) in [6.07, 6.45) is 12.3. The molecule has 0 rings (SSSR count). The Kier molecular flexibility index (Phi) is 19.3. The normalized spacial score (nSPS) is 11.3. The molecule has 0 amide bonds. The van der Waals surface area contributed by atoms with E-state index >= 15 is 0 Å². The third-order valence-corrected chi connectivity index (χ3v) is 4.39. The van der Waals surface area contributed by atoms with E-state index in [4.69, 9.17) is 9.92 Å². The predicted molar refractivity (Wildman–Crippen MR) is 89.2 cm³/mol. The van der Waals surface area contributed by atoms with Crippen LogP contribution in [0.5, 0.6) is 0 Å². The monoisotopic (exact) mass is 335 g/mol. The molecule has 0 saturated carbocycles. The molecule has 0 fully saturated rings. The van der Waals surface area contributed by atoms with Crippen molar-refractivity contribution in [2.24, 2.45) is 5.73 Å². The number of hydrogen-bond donors (Lipinski definition) is 1. The summed E-state index contributed by atoms with van der Waals surface area (Å²) in [6.45, 7) is 2.66. The minimum absolute atomic E-state index is 0. The van der Waals surface area contributed by atoms with Crippen molar-refractivity contribution in [1.29, 1.82) is 0 Å². The molecule has 0 radical (unpaired) electrons. The first kappa shape index (κ1) is 23.4. The molecule has 2 N–H and O–H groups in total. The molecule has 0 atom stereocenters. The van der Waals surface area contributed by atoms with E-state index in [0.717, 1.165) is 12.8 Å². The molecule has 0 spiro atoms. The summed E-state index contributed by atoms with van der Waals surface area (Å²) in [6, 6.07) is 0. The average molecular weight is 336 g/mol. The van der Waals surface area contributed by atoms with Crippen molar-refractivity contribution >= 4 is 47.9 Å². The quantitative estimate of drug-likeness (QED) is 0.300. The fraction of sp³-hybridized carbons (Fsp3) is 1.00. The Morgan fingerprint density at radius 1 is 0.850 bits per heavy atom. The topological polar surface area (TPSA) is 69.4 Å². The summed E-state index contributed by atoms with van der Waals surface area (Å²) >= 11 is 0. The van der Waals surface area contributed by atoms with Crippen molar-refractivity contribution in [1.82, 2.24) is 0 Å². The fourth-order valence-electron chi connectivity index (χ4n) is 1.98. The number of rotatable bonds is 14. The molecule has 0 saturated heterocycles. The van der Waals surface area contributed by atoms with Gasteiger partial charge in [-0.15, -0.1) is 0 Å². The summed E-state index contributed by atoms with van der Waals surface area (Å²) in [7, 11) is -3.37. The van der Waals surface area contributed by atoms with Gasteiger partial charge in [-0.3, -0.25) is 4.18 Å². The van der Waals surface area contributed by atoms with E-state index in [1.54, 1.807) is 0 Å². The molecule has 20 heavy (non-hydrogen) atoms. The van der Waals surface area contributed by atoms with Gasteiger partial charge in [0.05, 0.1) is 12.4 Å². The molecule has 0 heterocycles. The van der Waals surface area contributed by atoms with Crippen molar-refractivity contribution in [3.8, 4) is 0 Å². The van der Waals surface area contributed by atoms with Crippen molar-refractivity contribution in [3.63, 3.8) is 0 Å². The first-order valence-corrected chi connectivity index (χ1v) is 9.27. The van der Waals surface area contributed by atoms with Gasteiger partial charge in [-0.2, -0.15) is 8.42 Å². The Hall–Kier alpha value is 1.13. The van der Waals surface area contributed by atoms with Gasteiger partial charge in [0, 0.05) is 6.54 Å². The standard InChI is InChI=1S/C14H31NO3S.Ca.2H/c1-2-3-4-5-6-7-8-9-10-11-13-18-19(16,17)14-12-15;;;/h2-15H2,1H3;;;. The molecule has 0 aromatic heterocycles. The van der Waals surface area contributed by atoms with Crippen LogP contribution in [0.25, 0.3) is 0 Å². The van der Waals surface area contributed by atoms with Crippen LogP contribution in [0.2, 0.25) is 0 Å². The maximum atomic E-state index is 11.2. The van der Waals surface area contributed by atoms with Crippen LogP contribution in [0, 0.1) is 0 Å². The van der Waals surface area contributed by atoms with Gasteiger partial charge in [0.1, 0.15) is 0 Å². The van der Waals surface area contributed by atoms with Crippen LogP contribution < -0.4 is 5.73 Å². The zero-order chi connectivity index (χ0) is 14.4. The van der Waals surface area contributed by atoms with Gasteiger partial charge < -0.3 is 5.73 Å². The van der Waals surface area contributed by atoms with Gasteiger partial charge >= 0.3 is 37.7 Å². The van der Waals surface area contributed by atoms with Crippen LogP contribution >= 0.6 is 0 Å². The van der Waals surface area contributed by atoms with Gasteiger partial charge in [0.25, 0.3) is 10.1 Å². The molecule has 6 heteroatoms. The molecule has 0 aliphatic rings. The molecule has 4 nitrogen and oxygen atoms in total. The molecule has 0 aliphatic carbocycles. The van der Waals surface area contributed by atoms with Crippen LogP contribution in [-0.2, 0) is 14.3 Å². The zero-order valence-corrected chi connectivity index (χ0v) is 13.2. The van der Waals surface area contributed by atoms with Gasteiger partial charge in [-0.1, -0.05) is 64.7 Å². The Morgan fingerprint density at radius 3 is 1.75 bits per heavy atom. The first-order chi connectivity index (χ1) is 9.12. The summed E-state index contributed by atoms with van der Waals surface area (Å²) in [5.41, 5.74) is 5.18. The summed E-state index contributed by atoms with van der Waals surface area (Å²) in [4.78, 5) is 0. The van der Waals surface area contributed by atoms with Gasteiger partial charge in [-0.25, -0.2) is 0 Å². The third kappa shape index (κ3) is 17.2. The molecule has 0 bridgehead atoms. The molecule has 0 aliphatic heterocycles. The second-order valence-corrected chi connectivity index (χ2v) is 6.81. The van der Waals surface area contributed by atoms with Crippen molar-refractivity contribution in [3.05, 3.63) is 0 Å². The van der Waals surface area contributed by atoms with Crippen LogP contribution in [-0.4, -0.2) is 65.1 Å². The van der Waals surface area contributed by atoms with E-state index in [0.29, 0.717) is 6.61 Å². The average Bonchev–Trinajstić information content (AvgIpc) is 2.36. The molecule has 0 aromatic carbocycles. The molecular formula is C14H33CaNO3S. The van der Waals surface area contributed by atoms with E-state index in [2.05, 4.69) is 6.92 Å². The zero-order valence-electron chi connectivity index (χ0n) is 12.4. The third-order valence-electron chi connectivity index (χ3n) is 3.13. The van der Waals surface area contributed by atoms with Gasteiger partial charge in [0.2, 0.25) is 0 Å². The summed E-state index contributed by atoms with van der Waals surface area (Å²) < 4.78 is 27.2. The Morgan fingerprint density at radius 2 is 1.30 bits per heavy atom. The van der Waals surface area contributed by atoms with Crippen LogP contribution in [0.1, 0.15) is 71.1 Å². The van der Waals surface area contributed by atoms with Gasteiger partial charge in [0.15, 0.2) is 0 Å². The Bertz CT molecular complexity index is 284. The SMILES string of the molecule is CCCCCCCCCCCCOS(=O)(=O)CCN.[CaH2]. The van der Waals surface area contributed by atoms with Crippen LogP contribution in [0.15, 0.2) is 0 Å². The number of nitrogens with two attached hydrogens (primary N) is 1. The molecule has 0 unspecified atom stereocenters. The fourth-order valence-corrected chi connectivity index (χ4v) is 2.76. The first-order valence-electron chi connectivity index (χ1n) is 7.69. The second-order valence-electron chi connectivity index (χ2n) is 5.05. The molecule has 120 valence electrons. The van der Waals surface area contributed by atoms with Crippen LogP contribution in [0.3, 0.4) is 0 Å². The van der Waals surface area contributed by atoms with E-state index in [1.165, 1.54) is 51.4 Å². The van der Waals surface area contributed by atoms with Crippen LogP contribution in [0.4, 0.5) is 0 Å². The molecular weight excluding hydrogens is 302 g/mol. The van der Waals surface area contributed by atoms with E-state index in [-0.39, 0.29) is 50.0 Å². The van der Waals surface area contributed by atoms with E-state index in [1.807, 2.05) is 0 Å². The van der Waals surface area contributed by atoms with E-state index in [9.17, 15) is 8.42 Å². The van der Waals surface area contributed by atoms with Crippen molar-refractivity contribution in [2.45, 2.75) is 71.1 Å². The second kappa shape index (κ2) is 16.5. The number of hydrogen-bond acceptors (Lipinski definition) is 4. The predicted octanol–water partition coefficient (Wildman–Crippen LogP) is 2.30. The maximum absolute atomic E-state index is 11.2.